The highest BCUT2D eigenvalue weighted by Gasteiger charge is 2.22. The standard InChI is InChI=1S/C27H32N8S/c36-27-34(21-30-13-17-32(18-14-30)25-9-3-5-11-28-25)23-7-1-2-8-24(23)35(27)22-31-15-19-33(20-16-31)26-10-4-6-12-29-26/h1-12H,13-22H2. The van der Waals surface area contributed by atoms with Gasteiger partial charge in [0.15, 0.2) is 4.77 Å². The Hall–Kier alpha value is -3.27. The van der Waals surface area contributed by atoms with Crippen LogP contribution in [0.3, 0.4) is 0 Å². The van der Waals surface area contributed by atoms with E-state index in [0.717, 1.165) is 82.1 Å². The molecule has 3 aromatic heterocycles. The summed E-state index contributed by atoms with van der Waals surface area (Å²) in [5.41, 5.74) is 2.42. The van der Waals surface area contributed by atoms with Crippen molar-refractivity contribution in [1.82, 2.24) is 28.9 Å². The highest BCUT2D eigenvalue weighted by molar-refractivity contribution is 7.71. The van der Waals surface area contributed by atoms with E-state index in [2.05, 4.69) is 87.2 Å². The van der Waals surface area contributed by atoms with Gasteiger partial charge in [-0.3, -0.25) is 9.80 Å². The van der Waals surface area contributed by atoms with Crippen molar-refractivity contribution in [2.24, 2.45) is 0 Å². The molecule has 2 aliphatic heterocycles. The van der Waals surface area contributed by atoms with Crippen LogP contribution in [-0.4, -0.2) is 81.3 Å². The van der Waals surface area contributed by atoms with Crippen LogP contribution in [0, 0.1) is 4.77 Å². The molecule has 0 aliphatic carbocycles. The van der Waals surface area contributed by atoms with Crippen molar-refractivity contribution >= 4 is 34.9 Å². The Kier molecular flexibility index (Phi) is 6.67. The number of fused-ring (bicyclic) bond motifs is 1. The van der Waals surface area contributed by atoms with Gasteiger partial charge in [-0.15, -0.1) is 0 Å². The second-order valence-corrected chi connectivity index (χ2v) is 9.86. The lowest BCUT2D eigenvalue weighted by molar-refractivity contribution is 0.195. The lowest BCUT2D eigenvalue weighted by atomic mass is 10.3. The lowest BCUT2D eigenvalue weighted by Crippen LogP contribution is -2.47. The molecular weight excluding hydrogens is 468 g/mol. The van der Waals surface area contributed by atoms with Gasteiger partial charge in [0.2, 0.25) is 0 Å². The van der Waals surface area contributed by atoms with E-state index in [9.17, 15) is 0 Å². The molecule has 0 saturated carbocycles. The smallest absolute Gasteiger partial charge is 0.183 e. The first-order valence-electron chi connectivity index (χ1n) is 12.7. The summed E-state index contributed by atoms with van der Waals surface area (Å²) >= 11 is 6.06. The topological polar surface area (TPSA) is 48.6 Å². The monoisotopic (exact) mass is 500 g/mol. The number of pyridine rings is 2. The Morgan fingerprint density at radius 3 is 1.36 bits per heavy atom. The fourth-order valence-corrected chi connectivity index (χ4v) is 5.58. The van der Waals surface area contributed by atoms with Crippen LogP contribution in [0.25, 0.3) is 11.0 Å². The van der Waals surface area contributed by atoms with Crippen molar-refractivity contribution in [3.8, 4) is 0 Å². The number of nitrogens with zero attached hydrogens (tertiary/aromatic N) is 8. The molecule has 0 N–H and O–H groups in total. The number of para-hydroxylation sites is 2. The molecule has 0 atom stereocenters. The van der Waals surface area contributed by atoms with E-state index in [-0.39, 0.29) is 0 Å². The number of hydrogen-bond acceptors (Lipinski definition) is 7. The van der Waals surface area contributed by atoms with Gasteiger partial charge in [0.1, 0.15) is 11.6 Å². The average molecular weight is 501 g/mol. The van der Waals surface area contributed by atoms with Crippen LogP contribution in [0.4, 0.5) is 11.6 Å². The molecule has 0 unspecified atom stereocenters. The van der Waals surface area contributed by atoms with Crippen LogP contribution in [0.15, 0.2) is 73.1 Å². The molecule has 9 heteroatoms. The molecule has 0 radical (unpaired) electrons. The minimum atomic E-state index is 0.815. The predicted octanol–water partition coefficient (Wildman–Crippen LogP) is 3.52. The zero-order chi connectivity index (χ0) is 24.3. The van der Waals surface area contributed by atoms with Gasteiger partial charge in [-0.1, -0.05) is 24.3 Å². The second kappa shape index (κ2) is 10.4. The fraction of sp³-hybridized carbons (Fsp3) is 0.370. The SMILES string of the molecule is S=c1n(CN2CCN(c3ccccn3)CC2)c2ccccc2n1CN1CCN(c2ccccn2)CC1. The minimum Gasteiger partial charge on any atom is -0.354 e. The number of anilines is 2. The summed E-state index contributed by atoms with van der Waals surface area (Å²) in [6, 6.07) is 20.9. The van der Waals surface area contributed by atoms with Crippen LogP contribution >= 0.6 is 12.2 Å². The third-order valence-corrected chi connectivity index (χ3v) is 7.74. The summed E-state index contributed by atoms with van der Waals surface area (Å²) in [7, 11) is 0. The Morgan fingerprint density at radius 1 is 0.556 bits per heavy atom. The fourth-order valence-electron chi connectivity index (χ4n) is 5.26. The maximum atomic E-state index is 6.06. The molecule has 1 aromatic carbocycles. The summed E-state index contributed by atoms with van der Waals surface area (Å²) < 4.78 is 5.52. The van der Waals surface area contributed by atoms with Gasteiger partial charge in [0.25, 0.3) is 0 Å². The molecule has 2 fully saturated rings. The molecule has 0 bridgehead atoms. The van der Waals surface area contributed by atoms with Gasteiger partial charge in [-0.05, 0) is 48.6 Å². The molecule has 4 aromatic rings. The number of piperazine rings is 2. The van der Waals surface area contributed by atoms with Crippen molar-refractivity contribution in [3.63, 3.8) is 0 Å². The largest absolute Gasteiger partial charge is 0.354 e. The Labute approximate surface area is 217 Å². The first-order valence-corrected chi connectivity index (χ1v) is 13.1. The Morgan fingerprint density at radius 2 is 0.972 bits per heavy atom. The number of benzene rings is 1. The average Bonchev–Trinajstić information content (AvgIpc) is 3.21. The molecule has 8 nitrogen and oxygen atoms in total. The summed E-state index contributed by atoms with van der Waals surface area (Å²) in [5.74, 6) is 2.13. The number of hydrogen-bond donors (Lipinski definition) is 0. The summed E-state index contributed by atoms with van der Waals surface area (Å²) in [6.45, 7) is 9.51. The maximum Gasteiger partial charge on any atom is 0.183 e. The normalized spacial score (nSPS) is 17.7. The van der Waals surface area contributed by atoms with E-state index in [1.54, 1.807) is 0 Å². The highest BCUT2D eigenvalue weighted by Crippen LogP contribution is 2.21. The van der Waals surface area contributed by atoms with Gasteiger partial charge in [0.05, 0.1) is 24.4 Å². The van der Waals surface area contributed by atoms with E-state index >= 15 is 0 Å². The van der Waals surface area contributed by atoms with Crippen LogP contribution in [0.1, 0.15) is 0 Å². The zero-order valence-electron chi connectivity index (χ0n) is 20.5. The third-order valence-electron chi connectivity index (χ3n) is 7.30. The first kappa shape index (κ1) is 23.1. The minimum absolute atomic E-state index is 0.815. The van der Waals surface area contributed by atoms with Crippen LogP contribution in [-0.2, 0) is 13.3 Å². The molecule has 0 amide bonds. The van der Waals surface area contributed by atoms with E-state index in [1.807, 2.05) is 24.5 Å². The summed E-state index contributed by atoms with van der Waals surface area (Å²) in [5, 5.41) is 0. The number of aromatic nitrogens is 4. The summed E-state index contributed by atoms with van der Waals surface area (Å²) in [6.07, 6.45) is 3.74. The highest BCUT2D eigenvalue weighted by atomic mass is 32.1. The van der Waals surface area contributed by atoms with Crippen LogP contribution in [0.5, 0.6) is 0 Å². The van der Waals surface area contributed by atoms with Crippen molar-refractivity contribution in [2.75, 3.05) is 62.2 Å². The molecule has 0 spiro atoms. The Balaban J connectivity index is 1.14. The Bertz CT molecular complexity index is 1240. The molecular formula is C27H32N8S. The van der Waals surface area contributed by atoms with Gasteiger partial charge in [-0.25, -0.2) is 9.97 Å². The molecule has 5 heterocycles. The van der Waals surface area contributed by atoms with Gasteiger partial charge >= 0.3 is 0 Å². The van der Waals surface area contributed by atoms with Crippen LogP contribution in [0.2, 0.25) is 0 Å². The third kappa shape index (κ3) is 4.74. The molecule has 186 valence electrons. The second-order valence-electron chi connectivity index (χ2n) is 9.50. The predicted molar refractivity (Wildman–Crippen MR) is 147 cm³/mol. The number of imidazole rings is 1. The lowest BCUT2D eigenvalue weighted by Gasteiger charge is -2.35. The van der Waals surface area contributed by atoms with E-state index in [1.165, 1.54) is 11.0 Å². The van der Waals surface area contributed by atoms with E-state index < -0.39 is 0 Å². The van der Waals surface area contributed by atoms with E-state index in [4.69, 9.17) is 12.2 Å². The molecule has 6 rings (SSSR count). The van der Waals surface area contributed by atoms with Gasteiger partial charge in [-0.2, -0.15) is 0 Å². The summed E-state index contributed by atoms with van der Waals surface area (Å²) in [4.78, 5) is 18.8. The molecule has 36 heavy (non-hydrogen) atoms. The zero-order valence-corrected chi connectivity index (χ0v) is 21.3. The van der Waals surface area contributed by atoms with Crippen molar-refractivity contribution in [1.29, 1.82) is 0 Å². The van der Waals surface area contributed by atoms with Crippen molar-refractivity contribution in [2.45, 2.75) is 13.3 Å². The maximum absolute atomic E-state index is 6.06. The van der Waals surface area contributed by atoms with Gasteiger partial charge in [0, 0.05) is 64.8 Å². The quantitative estimate of drug-likeness (QED) is 0.376. The number of rotatable bonds is 6. The van der Waals surface area contributed by atoms with Crippen molar-refractivity contribution in [3.05, 3.63) is 77.8 Å². The first-order chi connectivity index (χ1) is 17.8. The molecule has 2 aliphatic rings. The molecule has 2 saturated heterocycles. The van der Waals surface area contributed by atoms with Gasteiger partial charge < -0.3 is 18.9 Å². The van der Waals surface area contributed by atoms with Crippen LogP contribution < -0.4 is 9.80 Å². The van der Waals surface area contributed by atoms with E-state index in [0.29, 0.717) is 0 Å². The van der Waals surface area contributed by atoms with Crippen molar-refractivity contribution < 1.29 is 0 Å².